The molecule has 0 atom stereocenters. The summed E-state index contributed by atoms with van der Waals surface area (Å²) in [5.74, 6) is 2.49. The maximum absolute atomic E-state index is 6.89. The molecule has 0 aliphatic rings. The average Bonchev–Trinajstić information content (AvgIpc) is 2.78. The number of hydrogen-bond donors (Lipinski definition) is 0. The lowest BCUT2D eigenvalue weighted by molar-refractivity contribution is 0.515. The molecular weight excluding hydrogens is 372 g/mol. The van der Waals surface area contributed by atoms with Crippen LogP contribution in [0, 0.1) is 19.3 Å². The van der Waals surface area contributed by atoms with E-state index in [1.165, 1.54) is 167 Å². The minimum absolute atomic E-state index is 0.859. The van der Waals surface area contributed by atoms with E-state index >= 15 is 0 Å². The molecule has 0 aromatic carbocycles. The van der Waals surface area contributed by atoms with E-state index in [0.717, 1.165) is 12.8 Å². The van der Waals surface area contributed by atoms with Gasteiger partial charge in [0.15, 0.2) is 0 Å². The summed E-state index contributed by atoms with van der Waals surface area (Å²) in [4.78, 5) is 0. The van der Waals surface area contributed by atoms with Crippen LogP contribution in [0.5, 0.6) is 0 Å². The van der Waals surface area contributed by atoms with Gasteiger partial charge >= 0.3 is 0 Å². The summed E-state index contributed by atoms with van der Waals surface area (Å²) in [6, 6.07) is 0. The summed E-state index contributed by atoms with van der Waals surface area (Å²) in [6.07, 6.45) is 46.1. The molecule has 0 heteroatoms. The molecule has 0 bridgehead atoms. The first-order chi connectivity index (χ1) is 15.4. The summed E-state index contributed by atoms with van der Waals surface area (Å²) in [5.41, 5.74) is 0. The van der Waals surface area contributed by atoms with Gasteiger partial charge in [0.25, 0.3) is 0 Å². The van der Waals surface area contributed by atoms with Gasteiger partial charge in [-0.3, -0.25) is 0 Å². The van der Waals surface area contributed by atoms with E-state index in [2.05, 4.69) is 12.8 Å². The van der Waals surface area contributed by atoms with E-state index in [1.807, 2.05) is 0 Å². The minimum Gasteiger partial charge on any atom is -0.0891 e. The Hall–Kier alpha value is -0.440. The third-order valence-electron chi connectivity index (χ3n) is 6.80. The molecule has 0 nitrogen and oxygen atoms in total. The highest BCUT2D eigenvalue weighted by Gasteiger charge is 1.96. The van der Waals surface area contributed by atoms with Gasteiger partial charge in [0.1, 0.15) is 0 Å². The van der Waals surface area contributed by atoms with Crippen molar-refractivity contribution in [3.8, 4) is 5.92 Å². The molecule has 0 unspecified atom stereocenters. The van der Waals surface area contributed by atoms with Crippen LogP contribution in [-0.4, -0.2) is 0 Å². The molecule has 0 aromatic heterocycles. The number of hydrogen-bond acceptors (Lipinski definition) is 0. The summed E-state index contributed by atoms with van der Waals surface area (Å²) in [7, 11) is 0. The maximum atomic E-state index is 6.89. The van der Waals surface area contributed by atoms with E-state index < -0.39 is 0 Å². The molecule has 0 heterocycles. The molecule has 182 valence electrons. The molecule has 0 aliphatic carbocycles. The van der Waals surface area contributed by atoms with Gasteiger partial charge in [0.05, 0.1) is 0 Å². The lowest BCUT2D eigenvalue weighted by Gasteiger charge is -2.04. The fraction of sp³-hybridized carbons (Fsp3) is 0.903. The molecule has 0 saturated carbocycles. The molecule has 31 heavy (non-hydrogen) atoms. The summed E-state index contributed by atoms with van der Waals surface area (Å²) in [5, 5.41) is 0. The fourth-order valence-electron chi connectivity index (χ4n) is 4.63. The first-order valence-electron chi connectivity index (χ1n) is 14.6. The summed E-state index contributed by atoms with van der Waals surface area (Å²) < 4.78 is 0. The molecule has 2 radical (unpaired) electrons. The van der Waals surface area contributed by atoms with E-state index in [1.54, 1.807) is 0 Å². The second-order valence-electron chi connectivity index (χ2n) is 9.97. The normalized spacial score (nSPS) is 11.1. The Balaban J connectivity index is 2.99. The summed E-state index contributed by atoms with van der Waals surface area (Å²) in [6.45, 7) is 3.92. The minimum atomic E-state index is 0.859. The lowest BCUT2D eigenvalue weighted by atomic mass is 10.0. The van der Waals surface area contributed by atoms with Crippen molar-refractivity contribution >= 4 is 0 Å². The van der Waals surface area contributed by atoms with Gasteiger partial charge in [-0.25, -0.2) is 0 Å². The van der Waals surface area contributed by atoms with Crippen LogP contribution in [0.1, 0.15) is 180 Å². The van der Waals surface area contributed by atoms with Crippen molar-refractivity contribution in [1.29, 1.82) is 0 Å². The zero-order chi connectivity index (χ0) is 22.5. The van der Waals surface area contributed by atoms with Crippen molar-refractivity contribution in [1.82, 2.24) is 0 Å². The zero-order valence-electron chi connectivity index (χ0n) is 21.5. The van der Waals surface area contributed by atoms with Crippen molar-refractivity contribution in [2.75, 3.05) is 0 Å². The largest absolute Gasteiger partial charge is 0.0891 e. The molecule has 0 N–H and O–H groups in total. The van der Waals surface area contributed by atoms with Gasteiger partial charge in [0, 0.05) is 6.42 Å². The van der Waals surface area contributed by atoms with Crippen LogP contribution in [0.15, 0.2) is 0 Å². The Kier molecular flexibility index (Phi) is 29.1. The van der Waals surface area contributed by atoms with E-state index in [4.69, 9.17) is 6.42 Å². The Labute approximate surface area is 199 Å². The highest BCUT2D eigenvalue weighted by atomic mass is 14.0. The van der Waals surface area contributed by atoms with Crippen molar-refractivity contribution in [3.63, 3.8) is 0 Å². The highest BCUT2D eigenvalue weighted by molar-refractivity contribution is 4.74. The third-order valence-corrected chi connectivity index (χ3v) is 6.80. The average molecular weight is 431 g/mol. The van der Waals surface area contributed by atoms with Gasteiger partial charge in [-0.2, -0.15) is 0 Å². The van der Waals surface area contributed by atoms with Crippen molar-refractivity contribution < 1.29 is 0 Å². The zero-order valence-corrected chi connectivity index (χ0v) is 21.5. The van der Waals surface area contributed by atoms with Crippen LogP contribution in [0.3, 0.4) is 0 Å². The van der Waals surface area contributed by atoms with Crippen LogP contribution in [0.4, 0.5) is 0 Å². The Bertz CT molecular complexity index is 336. The molecule has 0 amide bonds. The predicted molar refractivity (Wildman–Crippen MR) is 142 cm³/mol. The topological polar surface area (TPSA) is 0 Å². The van der Waals surface area contributed by atoms with Crippen LogP contribution < -0.4 is 0 Å². The molecule has 0 aromatic rings. The van der Waals surface area contributed by atoms with Crippen LogP contribution in [-0.2, 0) is 0 Å². The van der Waals surface area contributed by atoms with Crippen molar-refractivity contribution in [3.05, 3.63) is 13.3 Å². The molecule has 0 rings (SSSR count). The van der Waals surface area contributed by atoms with Gasteiger partial charge < -0.3 is 0 Å². The van der Waals surface area contributed by atoms with E-state index in [9.17, 15) is 0 Å². The van der Waals surface area contributed by atoms with Gasteiger partial charge in [0.2, 0.25) is 0 Å². The standard InChI is InChI=1S/C31H58/c1-3-5-7-9-11-13-15-17-19-21-23-25-27-29-31-30-28-26-24-22-20-18-16-14-12-10-8-6-4-2/h1,3,5-31H2. The highest BCUT2D eigenvalue weighted by Crippen LogP contribution is 2.16. The van der Waals surface area contributed by atoms with E-state index in [0.29, 0.717) is 0 Å². The first-order valence-corrected chi connectivity index (χ1v) is 14.6. The monoisotopic (exact) mass is 430 g/mol. The smallest absolute Gasteiger partial charge is 0.00989 e. The Morgan fingerprint density at radius 2 is 0.516 bits per heavy atom. The molecular formula is C31H58. The van der Waals surface area contributed by atoms with Gasteiger partial charge in [-0.15, -0.1) is 0 Å². The van der Waals surface area contributed by atoms with Crippen LogP contribution in [0.25, 0.3) is 0 Å². The van der Waals surface area contributed by atoms with Crippen LogP contribution >= 0.6 is 0 Å². The Morgan fingerprint density at radius 1 is 0.323 bits per heavy atom. The maximum Gasteiger partial charge on any atom is 0.00989 e. The van der Waals surface area contributed by atoms with Gasteiger partial charge in [-0.1, -0.05) is 180 Å². The molecule has 0 fully saturated rings. The van der Waals surface area contributed by atoms with Crippen LogP contribution in [0.2, 0.25) is 0 Å². The second-order valence-corrected chi connectivity index (χ2v) is 9.97. The first kappa shape index (κ1) is 30.6. The molecule has 0 spiro atoms. The fourth-order valence-corrected chi connectivity index (χ4v) is 4.63. The molecule has 0 saturated heterocycles. The van der Waals surface area contributed by atoms with Gasteiger partial charge in [-0.05, 0) is 12.8 Å². The Morgan fingerprint density at radius 3 is 0.710 bits per heavy atom. The quantitative estimate of drug-likeness (QED) is 0.0897. The number of rotatable bonds is 27. The predicted octanol–water partition coefficient (Wildman–Crippen LogP) is 11.3. The summed E-state index contributed by atoms with van der Waals surface area (Å²) >= 11 is 0. The lowest BCUT2D eigenvalue weighted by Crippen LogP contribution is -1.84. The third kappa shape index (κ3) is 29.6. The van der Waals surface area contributed by atoms with Crippen molar-refractivity contribution in [2.24, 2.45) is 0 Å². The molecule has 0 aliphatic heterocycles. The number of unbranched alkanes of at least 4 members (excludes halogenated alkanes) is 27. The second kappa shape index (κ2) is 29.6. The SMILES string of the molecule is [C]#CCCCCCCCCCCCCCCCCCCCCCCCCCCCC[CH2]. The van der Waals surface area contributed by atoms with E-state index in [-0.39, 0.29) is 0 Å². The van der Waals surface area contributed by atoms with Crippen molar-refractivity contribution in [2.45, 2.75) is 180 Å².